The van der Waals surface area contributed by atoms with Gasteiger partial charge in [-0.2, -0.15) is 0 Å². The zero-order valence-electron chi connectivity index (χ0n) is 62.0. The van der Waals surface area contributed by atoms with Crippen molar-refractivity contribution >= 4 is 19.8 Å². The van der Waals surface area contributed by atoms with Gasteiger partial charge in [0.2, 0.25) is 0 Å². The Bertz CT molecular complexity index is 1690. The molecule has 0 aliphatic heterocycles. The van der Waals surface area contributed by atoms with Gasteiger partial charge in [0.25, 0.3) is 7.82 Å². The first-order valence-corrected chi connectivity index (χ1v) is 41.8. The van der Waals surface area contributed by atoms with E-state index in [1.165, 1.54) is 315 Å². The standard InChI is InChI=1S/C82H156NO8P/c1-6-8-10-12-14-16-18-20-22-24-26-28-30-32-34-35-36-37-38-39-40-41-42-43-44-45-46-47-49-50-52-54-56-58-60-62-64-66-68-70-72-74-81(84)88-78-80(79-90-92(86,87)89-77-76-83(3,4)5)91-82(85)75-73-71-69-67-65-63-61-59-57-55-53-51-48-33-31-29-27-25-23-21-19-17-15-13-11-9-7-2/h9,11,15,17,21,23,27,29,80H,6-8,10,12-14,16,18-20,22,24-26,28,30-79H2,1-5H3/b11-9-,17-15-,23-21-,29-27-. The Kier molecular flexibility index (Phi) is 71.6. The van der Waals surface area contributed by atoms with Gasteiger partial charge in [0, 0.05) is 12.8 Å². The summed E-state index contributed by atoms with van der Waals surface area (Å²) in [4.78, 5) is 38.2. The molecule has 542 valence electrons. The first kappa shape index (κ1) is 90.0. The maximum absolute atomic E-state index is 12.9. The van der Waals surface area contributed by atoms with Crippen molar-refractivity contribution in [1.29, 1.82) is 0 Å². The minimum absolute atomic E-state index is 0.0293. The Morgan fingerprint density at radius 1 is 0.348 bits per heavy atom. The number of nitrogens with zero attached hydrogens (tertiary/aromatic N) is 1. The number of allylic oxidation sites excluding steroid dienone is 8. The fraction of sp³-hybridized carbons (Fsp3) is 0.878. The summed E-state index contributed by atoms with van der Waals surface area (Å²) < 4.78 is 34.4. The maximum Gasteiger partial charge on any atom is 0.306 e. The lowest BCUT2D eigenvalue weighted by atomic mass is 10.0. The van der Waals surface area contributed by atoms with Crippen LogP contribution >= 0.6 is 7.82 Å². The second kappa shape index (κ2) is 73.2. The molecule has 0 aromatic rings. The van der Waals surface area contributed by atoms with Crippen LogP contribution in [-0.2, 0) is 32.7 Å². The highest BCUT2D eigenvalue weighted by atomic mass is 31.2. The molecule has 0 amide bonds. The van der Waals surface area contributed by atoms with Crippen LogP contribution in [0.5, 0.6) is 0 Å². The van der Waals surface area contributed by atoms with Crippen molar-refractivity contribution in [2.24, 2.45) is 0 Å². The van der Waals surface area contributed by atoms with Crippen molar-refractivity contribution in [3.8, 4) is 0 Å². The summed E-state index contributed by atoms with van der Waals surface area (Å²) in [5.41, 5.74) is 0. The molecule has 0 aromatic heterocycles. The van der Waals surface area contributed by atoms with Crippen LogP contribution in [-0.4, -0.2) is 70.0 Å². The molecule has 0 saturated heterocycles. The highest BCUT2D eigenvalue weighted by Gasteiger charge is 2.22. The van der Waals surface area contributed by atoms with Crippen molar-refractivity contribution in [3.05, 3.63) is 48.6 Å². The molecule has 0 fully saturated rings. The summed E-state index contributed by atoms with van der Waals surface area (Å²) in [6.07, 6.45) is 96.8. The van der Waals surface area contributed by atoms with E-state index in [-0.39, 0.29) is 32.0 Å². The van der Waals surface area contributed by atoms with Gasteiger partial charge in [-0.3, -0.25) is 14.2 Å². The maximum atomic E-state index is 12.9. The Hall–Kier alpha value is -2.03. The van der Waals surface area contributed by atoms with Crippen LogP contribution in [0.15, 0.2) is 48.6 Å². The molecule has 2 unspecified atom stereocenters. The van der Waals surface area contributed by atoms with Gasteiger partial charge in [0.1, 0.15) is 19.8 Å². The van der Waals surface area contributed by atoms with E-state index in [0.717, 1.165) is 64.2 Å². The van der Waals surface area contributed by atoms with E-state index in [4.69, 9.17) is 18.5 Å². The number of carbonyl (C=O) groups excluding carboxylic acids is 2. The third-order valence-corrected chi connectivity index (χ3v) is 19.3. The molecule has 0 rings (SSSR count). The number of likely N-dealkylation sites (N-methyl/N-ethyl adjacent to an activating group) is 1. The zero-order chi connectivity index (χ0) is 66.9. The summed E-state index contributed by atoms with van der Waals surface area (Å²) in [6, 6.07) is 0. The van der Waals surface area contributed by atoms with Crippen molar-refractivity contribution < 1.29 is 42.1 Å². The molecule has 92 heavy (non-hydrogen) atoms. The predicted octanol–water partition coefficient (Wildman–Crippen LogP) is 26.1. The number of unbranched alkanes of at least 4 members (excludes halogenated alkanes) is 54. The van der Waals surface area contributed by atoms with Crippen LogP contribution < -0.4 is 4.89 Å². The van der Waals surface area contributed by atoms with Crippen molar-refractivity contribution in [2.45, 2.75) is 418 Å². The molecule has 0 aromatic carbocycles. The van der Waals surface area contributed by atoms with Crippen molar-refractivity contribution in [2.75, 3.05) is 47.5 Å². The monoisotopic (exact) mass is 1310 g/mol. The lowest BCUT2D eigenvalue weighted by molar-refractivity contribution is -0.870. The van der Waals surface area contributed by atoms with Crippen LogP contribution in [0.2, 0.25) is 0 Å². The summed E-state index contributed by atoms with van der Waals surface area (Å²) in [6.45, 7) is 4.20. The smallest absolute Gasteiger partial charge is 0.306 e. The summed E-state index contributed by atoms with van der Waals surface area (Å²) >= 11 is 0. The van der Waals surface area contributed by atoms with E-state index in [9.17, 15) is 19.0 Å². The molecule has 2 atom stereocenters. The normalized spacial score (nSPS) is 13.2. The van der Waals surface area contributed by atoms with E-state index in [2.05, 4.69) is 62.5 Å². The van der Waals surface area contributed by atoms with Gasteiger partial charge in [0.05, 0.1) is 27.7 Å². The van der Waals surface area contributed by atoms with Crippen molar-refractivity contribution in [1.82, 2.24) is 0 Å². The molecular weight excluding hydrogens is 1160 g/mol. The SMILES string of the molecule is CC/C=C\C/C=C\C/C=C\C/C=C\CCCCCCCCCCCCCCCCC(=O)OC(COC(=O)CCCCCCCCCCCCCCCCCCCCCCCCCCCCCCCCCCCCCCCCCCC)COP(=O)([O-])OCC[N+](C)(C)C. The molecule has 9 nitrogen and oxygen atoms in total. The number of quaternary nitrogens is 1. The van der Waals surface area contributed by atoms with Gasteiger partial charge in [-0.05, 0) is 51.4 Å². The molecule has 0 saturated carbocycles. The van der Waals surface area contributed by atoms with Crippen LogP contribution in [0.3, 0.4) is 0 Å². The second-order valence-corrected chi connectivity index (χ2v) is 30.2. The van der Waals surface area contributed by atoms with E-state index >= 15 is 0 Å². The van der Waals surface area contributed by atoms with Crippen LogP contribution in [0.1, 0.15) is 412 Å². The second-order valence-electron chi connectivity index (χ2n) is 28.8. The van der Waals surface area contributed by atoms with E-state index in [1.54, 1.807) is 0 Å². The Morgan fingerprint density at radius 2 is 0.620 bits per heavy atom. The number of phosphoric acid groups is 1. The number of carbonyl (C=O) groups is 2. The van der Waals surface area contributed by atoms with Gasteiger partial charge in [-0.1, -0.05) is 396 Å². The molecule has 10 heteroatoms. The first-order chi connectivity index (χ1) is 45.0. The number of phosphoric ester groups is 1. The van der Waals surface area contributed by atoms with Crippen LogP contribution in [0.4, 0.5) is 0 Å². The van der Waals surface area contributed by atoms with Crippen LogP contribution in [0, 0.1) is 0 Å². The molecular formula is C82H156NO8P. The van der Waals surface area contributed by atoms with Gasteiger partial charge in [-0.25, -0.2) is 0 Å². The molecule has 0 aliphatic carbocycles. The summed E-state index contributed by atoms with van der Waals surface area (Å²) in [7, 11) is 1.18. The van der Waals surface area contributed by atoms with Crippen molar-refractivity contribution in [3.63, 3.8) is 0 Å². The van der Waals surface area contributed by atoms with Gasteiger partial charge < -0.3 is 27.9 Å². The zero-order valence-corrected chi connectivity index (χ0v) is 62.9. The number of hydrogen-bond acceptors (Lipinski definition) is 8. The van der Waals surface area contributed by atoms with Gasteiger partial charge in [-0.15, -0.1) is 0 Å². The lowest BCUT2D eigenvalue weighted by Gasteiger charge is -2.28. The minimum atomic E-state index is -4.64. The molecule has 0 heterocycles. The molecule has 0 radical (unpaired) electrons. The fourth-order valence-corrected chi connectivity index (χ4v) is 13.0. The van der Waals surface area contributed by atoms with E-state index < -0.39 is 26.5 Å². The summed E-state index contributed by atoms with van der Waals surface area (Å²) in [5.74, 6) is -0.813. The minimum Gasteiger partial charge on any atom is -0.756 e. The average Bonchev–Trinajstić information content (AvgIpc) is 2.14. The number of hydrogen-bond donors (Lipinski definition) is 0. The Morgan fingerprint density at radius 3 is 0.924 bits per heavy atom. The van der Waals surface area contributed by atoms with E-state index in [1.807, 2.05) is 21.1 Å². The third kappa shape index (κ3) is 77.0. The van der Waals surface area contributed by atoms with Crippen LogP contribution in [0.25, 0.3) is 0 Å². The highest BCUT2D eigenvalue weighted by molar-refractivity contribution is 7.45. The number of esters is 2. The van der Waals surface area contributed by atoms with E-state index in [0.29, 0.717) is 17.4 Å². The summed E-state index contributed by atoms with van der Waals surface area (Å²) in [5, 5.41) is 0. The van der Waals surface area contributed by atoms with Gasteiger partial charge >= 0.3 is 11.9 Å². The van der Waals surface area contributed by atoms with Gasteiger partial charge in [0.15, 0.2) is 6.10 Å². The molecule has 0 aliphatic rings. The molecule has 0 bridgehead atoms. The number of ether oxygens (including phenoxy) is 2. The predicted molar refractivity (Wildman–Crippen MR) is 397 cm³/mol. The Balaban J connectivity index is 3.86. The topological polar surface area (TPSA) is 111 Å². The largest absolute Gasteiger partial charge is 0.756 e. The molecule has 0 N–H and O–H groups in total. The Labute approximate surface area is 573 Å². The average molecular weight is 1320 g/mol. The quantitative estimate of drug-likeness (QED) is 0.0195. The third-order valence-electron chi connectivity index (χ3n) is 18.4. The lowest BCUT2D eigenvalue weighted by Crippen LogP contribution is -2.37. The molecule has 0 spiro atoms. The first-order valence-electron chi connectivity index (χ1n) is 40.3. The fourth-order valence-electron chi connectivity index (χ4n) is 12.2. The highest BCUT2D eigenvalue weighted by Crippen LogP contribution is 2.38. The number of rotatable bonds is 76.